The fourth-order valence-electron chi connectivity index (χ4n) is 3.63. The summed E-state index contributed by atoms with van der Waals surface area (Å²) in [6, 6.07) is 9.15. The fourth-order valence-corrected chi connectivity index (χ4v) is 4.96. The number of imidazole rings is 1. The van der Waals surface area contributed by atoms with Gasteiger partial charge in [0.1, 0.15) is 23.3 Å². The zero-order valence-electron chi connectivity index (χ0n) is 16.8. The van der Waals surface area contributed by atoms with E-state index in [9.17, 15) is 20.0 Å². The second kappa shape index (κ2) is 8.62. The Bertz CT molecular complexity index is 1220. The second-order valence-electron chi connectivity index (χ2n) is 7.21. The zero-order chi connectivity index (χ0) is 22.0. The summed E-state index contributed by atoms with van der Waals surface area (Å²) in [6.07, 6.45) is 3.59. The van der Waals surface area contributed by atoms with Crippen molar-refractivity contribution in [2.45, 2.75) is 32.6 Å². The number of aromatic amines is 1. The molecule has 0 saturated heterocycles. The highest BCUT2D eigenvalue weighted by molar-refractivity contribution is 7.17. The Balaban J connectivity index is 1.58. The van der Waals surface area contributed by atoms with Gasteiger partial charge in [-0.2, -0.15) is 5.26 Å². The number of hydrogen-bond acceptors (Lipinski definition) is 7. The molecule has 0 atom stereocenters. The summed E-state index contributed by atoms with van der Waals surface area (Å²) in [5.41, 5.74) is 2.51. The number of anilines is 1. The largest absolute Gasteiger partial charge is 0.507 e. The standard InChI is InChI=1S/C22H20N4O4S/c1-12(27)24-21-19(13-6-2-5-9-18(13)31-21)22(29)30-11-17(28)14(10-23)20-25-15-7-3-4-8-16(15)26-20/h3-4,7-8,28H,2,5-6,9,11H2,1H3,(H,24,27)(H,25,26)/b17-14-. The number of nitrogens with one attached hydrogen (secondary N) is 2. The number of esters is 1. The van der Waals surface area contributed by atoms with Crippen molar-refractivity contribution in [3.63, 3.8) is 0 Å². The average molecular weight is 436 g/mol. The van der Waals surface area contributed by atoms with Gasteiger partial charge in [-0.15, -0.1) is 11.3 Å². The van der Waals surface area contributed by atoms with Gasteiger partial charge < -0.3 is 20.1 Å². The number of aliphatic hydroxyl groups is 1. The number of nitriles is 1. The number of carbonyl (C=O) groups excluding carboxylic acids is 2. The maximum absolute atomic E-state index is 12.9. The van der Waals surface area contributed by atoms with Gasteiger partial charge in [-0.25, -0.2) is 9.78 Å². The number of carbonyl (C=O) groups is 2. The third-order valence-corrected chi connectivity index (χ3v) is 6.24. The molecule has 0 aliphatic heterocycles. The molecule has 2 heterocycles. The van der Waals surface area contributed by atoms with Crippen molar-refractivity contribution in [3.8, 4) is 6.07 Å². The smallest absolute Gasteiger partial charge is 0.341 e. The number of aliphatic hydroxyl groups excluding tert-OH is 1. The molecule has 31 heavy (non-hydrogen) atoms. The van der Waals surface area contributed by atoms with Crippen LogP contribution in [0, 0.1) is 11.3 Å². The molecule has 0 spiro atoms. The number of rotatable bonds is 5. The first-order chi connectivity index (χ1) is 15.0. The molecule has 158 valence electrons. The highest BCUT2D eigenvalue weighted by Crippen LogP contribution is 2.38. The van der Waals surface area contributed by atoms with Crippen LogP contribution < -0.4 is 5.32 Å². The minimum Gasteiger partial charge on any atom is -0.507 e. The number of H-pyrrole nitrogens is 1. The van der Waals surface area contributed by atoms with E-state index >= 15 is 0 Å². The Kier molecular flexibility index (Phi) is 5.73. The third-order valence-electron chi connectivity index (χ3n) is 5.03. The van der Waals surface area contributed by atoms with Crippen LogP contribution >= 0.6 is 11.3 Å². The lowest BCUT2D eigenvalue weighted by Gasteiger charge is -2.13. The molecular formula is C22H20N4O4S. The monoisotopic (exact) mass is 436 g/mol. The number of ether oxygens (including phenoxy) is 1. The molecule has 0 unspecified atom stereocenters. The lowest BCUT2D eigenvalue weighted by atomic mass is 9.95. The predicted octanol–water partition coefficient (Wildman–Crippen LogP) is 4.11. The molecule has 3 aromatic rings. The Hall–Kier alpha value is -3.64. The number of allylic oxidation sites excluding steroid dienone is 1. The number of fused-ring (bicyclic) bond motifs is 2. The normalized spacial score (nSPS) is 13.8. The van der Waals surface area contributed by atoms with Gasteiger partial charge in [0, 0.05) is 11.8 Å². The molecule has 1 amide bonds. The van der Waals surface area contributed by atoms with Crippen LogP contribution in [0.3, 0.4) is 0 Å². The number of aryl methyl sites for hydroxylation is 1. The zero-order valence-corrected chi connectivity index (χ0v) is 17.6. The topological polar surface area (TPSA) is 128 Å². The fraction of sp³-hybridized carbons (Fsp3) is 0.273. The maximum atomic E-state index is 12.9. The number of aromatic nitrogens is 2. The van der Waals surface area contributed by atoms with E-state index in [0.29, 0.717) is 16.1 Å². The van der Waals surface area contributed by atoms with Crippen molar-refractivity contribution in [1.29, 1.82) is 5.26 Å². The molecule has 0 fully saturated rings. The maximum Gasteiger partial charge on any atom is 0.341 e. The van der Waals surface area contributed by atoms with Gasteiger partial charge in [-0.1, -0.05) is 12.1 Å². The molecule has 9 heteroatoms. The number of amides is 1. The third kappa shape index (κ3) is 4.15. The summed E-state index contributed by atoms with van der Waals surface area (Å²) in [5, 5.41) is 23.1. The van der Waals surface area contributed by atoms with Gasteiger partial charge in [0.25, 0.3) is 0 Å². The number of benzene rings is 1. The lowest BCUT2D eigenvalue weighted by Crippen LogP contribution is -2.15. The van der Waals surface area contributed by atoms with E-state index in [4.69, 9.17) is 4.74 Å². The van der Waals surface area contributed by atoms with Gasteiger partial charge in [0.2, 0.25) is 5.91 Å². The van der Waals surface area contributed by atoms with E-state index < -0.39 is 18.3 Å². The van der Waals surface area contributed by atoms with Crippen molar-refractivity contribution in [1.82, 2.24) is 9.97 Å². The summed E-state index contributed by atoms with van der Waals surface area (Å²) in [4.78, 5) is 32.8. The Morgan fingerprint density at radius 3 is 2.84 bits per heavy atom. The lowest BCUT2D eigenvalue weighted by molar-refractivity contribution is -0.114. The number of thiophene rings is 1. The van der Waals surface area contributed by atoms with Crippen LogP contribution in [0.4, 0.5) is 5.00 Å². The Morgan fingerprint density at radius 1 is 1.32 bits per heavy atom. The summed E-state index contributed by atoms with van der Waals surface area (Å²) in [5.74, 6) is -1.12. The summed E-state index contributed by atoms with van der Waals surface area (Å²) < 4.78 is 5.33. The molecule has 4 rings (SSSR count). The molecule has 0 saturated carbocycles. The van der Waals surface area contributed by atoms with E-state index in [1.807, 2.05) is 18.2 Å². The number of hydrogen-bond donors (Lipinski definition) is 3. The predicted molar refractivity (Wildman–Crippen MR) is 117 cm³/mol. The summed E-state index contributed by atoms with van der Waals surface area (Å²) in [7, 11) is 0. The second-order valence-corrected chi connectivity index (χ2v) is 8.31. The number of para-hydroxylation sites is 2. The minimum absolute atomic E-state index is 0.0987. The van der Waals surface area contributed by atoms with Crippen LogP contribution in [-0.4, -0.2) is 33.6 Å². The Morgan fingerprint density at radius 2 is 2.10 bits per heavy atom. The van der Waals surface area contributed by atoms with E-state index in [2.05, 4.69) is 15.3 Å². The molecule has 8 nitrogen and oxygen atoms in total. The van der Waals surface area contributed by atoms with Crippen LogP contribution in [0.5, 0.6) is 0 Å². The van der Waals surface area contributed by atoms with E-state index in [0.717, 1.165) is 41.6 Å². The van der Waals surface area contributed by atoms with Crippen molar-refractivity contribution in [3.05, 3.63) is 51.9 Å². The van der Waals surface area contributed by atoms with E-state index in [-0.39, 0.29) is 17.3 Å². The van der Waals surface area contributed by atoms with Crippen LogP contribution in [0.25, 0.3) is 16.6 Å². The summed E-state index contributed by atoms with van der Waals surface area (Å²) >= 11 is 1.39. The molecule has 0 radical (unpaired) electrons. The van der Waals surface area contributed by atoms with Crippen molar-refractivity contribution in [2.24, 2.45) is 0 Å². The minimum atomic E-state index is -0.642. The molecular weight excluding hydrogens is 416 g/mol. The van der Waals surface area contributed by atoms with Gasteiger partial charge in [0.15, 0.2) is 11.6 Å². The molecule has 0 bridgehead atoms. The highest BCUT2D eigenvalue weighted by Gasteiger charge is 2.27. The van der Waals surface area contributed by atoms with Gasteiger partial charge >= 0.3 is 5.97 Å². The summed E-state index contributed by atoms with van der Waals surface area (Å²) in [6.45, 7) is 0.901. The molecule has 1 aliphatic carbocycles. The first-order valence-electron chi connectivity index (χ1n) is 9.84. The van der Waals surface area contributed by atoms with Crippen LogP contribution in [0.1, 0.15) is 46.4 Å². The van der Waals surface area contributed by atoms with Crippen molar-refractivity contribution >= 4 is 44.8 Å². The number of nitrogens with zero attached hydrogens (tertiary/aromatic N) is 2. The first-order valence-corrected chi connectivity index (χ1v) is 10.7. The van der Waals surface area contributed by atoms with E-state index in [1.54, 1.807) is 12.1 Å². The quantitative estimate of drug-likeness (QED) is 0.314. The average Bonchev–Trinajstić information content (AvgIpc) is 3.32. The van der Waals surface area contributed by atoms with E-state index in [1.165, 1.54) is 18.3 Å². The van der Waals surface area contributed by atoms with Crippen LogP contribution in [0.2, 0.25) is 0 Å². The highest BCUT2D eigenvalue weighted by atomic mass is 32.1. The van der Waals surface area contributed by atoms with Crippen LogP contribution in [-0.2, 0) is 22.4 Å². The SMILES string of the molecule is CC(=O)Nc1sc2c(c1C(=O)OC/C(O)=C(\C#N)c1nc3ccccc3[nH]1)CCCC2. The van der Waals surface area contributed by atoms with Crippen molar-refractivity contribution < 1.29 is 19.4 Å². The van der Waals surface area contributed by atoms with Gasteiger partial charge in [-0.3, -0.25) is 4.79 Å². The van der Waals surface area contributed by atoms with Gasteiger partial charge in [-0.05, 0) is 43.4 Å². The molecule has 1 aromatic carbocycles. The van der Waals surface area contributed by atoms with Crippen LogP contribution in [0.15, 0.2) is 30.0 Å². The molecule has 2 aromatic heterocycles. The Labute approximate surface area is 182 Å². The molecule has 1 aliphatic rings. The van der Waals surface area contributed by atoms with Crippen molar-refractivity contribution in [2.75, 3.05) is 11.9 Å². The van der Waals surface area contributed by atoms with Gasteiger partial charge in [0.05, 0.1) is 16.6 Å². The first kappa shape index (κ1) is 20.6. The molecule has 3 N–H and O–H groups in total.